The molecule has 0 aromatic heterocycles. The van der Waals surface area contributed by atoms with Crippen molar-refractivity contribution in [3.8, 4) is 0 Å². The number of ether oxygens (including phenoxy) is 1. The molecule has 0 rings (SSSR count). The van der Waals surface area contributed by atoms with E-state index in [1.54, 1.807) is 0 Å². The molecule has 0 aromatic carbocycles. The molecule has 0 aliphatic rings. The minimum atomic E-state index is -0.0948. The number of esters is 1. The van der Waals surface area contributed by atoms with Gasteiger partial charge in [0.15, 0.2) is 0 Å². The third-order valence-electron chi connectivity index (χ3n) is 1.58. The van der Waals surface area contributed by atoms with Crippen molar-refractivity contribution in [2.24, 2.45) is 0 Å². The zero-order valence-electron chi connectivity index (χ0n) is 9.03. The van der Waals surface area contributed by atoms with E-state index in [0.717, 1.165) is 25.0 Å². The summed E-state index contributed by atoms with van der Waals surface area (Å²) < 4.78 is 5.00. The number of allylic oxidation sites excluding steroid dienone is 2. The summed E-state index contributed by atoms with van der Waals surface area (Å²) in [5.41, 5.74) is 0. The lowest BCUT2D eigenvalue weighted by Gasteiger charge is -2.06. The highest BCUT2D eigenvalue weighted by Gasteiger charge is 2.03. The quantitative estimate of drug-likeness (QED) is 0.306. The highest BCUT2D eigenvalue weighted by atomic mass is 32.1. The molecule has 0 atom stereocenters. The number of carbonyl (C=O) groups excluding carboxylic acids is 1. The van der Waals surface area contributed by atoms with Crippen molar-refractivity contribution < 1.29 is 9.53 Å². The lowest BCUT2D eigenvalue weighted by molar-refractivity contribution is -0.147. The average Bonchev–Trinajstić information content (AvgIpc) is 2.10. The summed E-state index contributed by atoms with van der Waals surface area (Å²) in [4.78, 5) is 11.1. The van der Waals surface area contributed by atoms with E-state index in [2.05, 4.69) is 24.8 Å². The molecule has 2 nitrogen and oxygen atoms in total. The van der Waals surface area contributed by atoms with E-state index in [1.807, 2.05) is 13.8 Å². The minimum Gasteiger partial charge on any atom is -0.463 e. The first-order valence-electron chi connectivity index (χ1n) is 5.12. The molecular formula is C11H20O2S. The van der Waals surface area contributed by atoms with Crippen LogP contribution >= 0.6 is 12.6 Å². The zero-order chi connectivity index (χ0) is 10.8. The molecule has 0 heterocycles. The van der Waals surface area contributed by atoms with E-state index in [0.29, 0.717) is 6.42 Å². The number of hydrogen-bond donors (Lipinski definition) is 1. The Balaban J connectivity index is 3.31. The Morgan fingerprint density at radius 3 is 2.57 bits per heavy atom. The molecule has 0 spiro atoms. The van der Waals surface area contributed by atoms with E-state index in [4.69, 9.17) is 4.74 Å². The first-order chi connectivity index (χ1) is 6.66. The monoisotopic (exact) mass is 216 g/mol. The maximum Gasteiger partial charge on any atom is 0.306 e. The van der Waals surface area contributed by atoms with Crippen LogP contribution in [-0.4, -0.2) is 17.8 Å². The second kappa shape index (κ2) is 9.13. The molecule has 0 N–H and O–H groups in total. The van der Waals surface area contributed by atoms with Crippen molar-refractivity contribution in [1.29, 1.82) is 0 Å². The lowest BCUT2D eigenvalue weighted by atomic mass is 10.2. The fourth-order valence-electron chi connectivity index (χ4n) is 0.996. The molecule has 0 aliphatic carbocycles. The van der Waals surface area contributed by atoms with Crippen LogP contribution in [0.3, 0.4) is 0 Å². The first-order valence-corrected chi connectivity index (χ1v) is 5.75. The number of carbonyl (C=O) groups is 1. The van der Waals surface area contributed by atoms with Crippen molar-refractivity contribution in [1.82, 2.24) is 0 Å². The highest BCUT2D eigenvalue weighted by molar-refractivity contribution is 7.80. The summed E-state index contributed by atoms with van der Waals surface area (Å²) in [7, 11) is 0. The van der Waals surface area contributed by atoms with Gasteiger partial charge in [-0.25, -0.2) is 0 Å². The predicted molar refractivity (Wildman–Crippen MR) is 62.7 cm³/mol. The van der Waals surface area contributed by atoms with E-state index in [-0.39, 0.29) is 12.1 Å². The second-order valence-corrected chi connectivity index (χ2v) is 3.86. The first kappa shape index (κ1) is 13.6. The van der Waals surface area contributed by atoms with Gasteiger partial charge in [-0.2, -0.15) is 12.6 Å². The Morgan fingerprint density at radius 1 is 1.36 bits per heavy atom. The molecule has 0 aliphatic heterocycles. The van der Waals surface area contributed by atoms with Crippen molar-refractivity contribution in [3.05, 3.63) is 12.2 Å². The highest BCUT2D eigenvalue weighted by Crippen LogP contribution is 2.01. The summed E-state index contributed by atoms with van der Waals surface area (Å²) >= 11 is 4.09. The minimum absolute atomic E-state index is 0.00206. The Hall–Kier alpha value is -0.440. The maximum atomic E-state index is 11.1. The largest absolute Gasteiger partial charge is 0.463 e. The van der Waals surface area contributed by atoms with Gasteiger partial charge in [-0.05, 0) is 38.9 Å². The van der Waals surface area contributed by atoms with E-state index < -0.39 is 0 Å². The summed E-state index contributed by atoms with van der Waals surface area (Å²) in [5, 5.41) is 0. The Labute approximate surface area is 92.1 Å². The van der Waals surface area contributed by atoms with Crippen molar-refractivity contribution >= 4 is 18.6 Å². The standard InChI is InChI=1S/C11H20O2S/c1-10(2)13-11(12)8-6-4-3-5-7-9-14/h3,5,10,14H,4,6-9H2,1-2H3. The molecule has 0 aromatic rings. The summed E-state index contributed by atoms with van der Waals surface area (Å²) in [6.07, 6.45) is 7.53. The van der Waals surface area contributed by atoms with Crippen LogP contribution in [0.5, 0.6) is 0 Å². The summed E-state index contributed by atoms with van der Waals surface area (Å²) in [6.45, 7) is 3.73. The maximum absolute atomic E-state index is 11.1. The second-order valence-electron chi connectivity index (χ2n) is 3.41. The molecule has 0 saturated carbocycles. The van der Waals surface area contributed by atoms with Crippen molar-refractivity contribution in [2.75, 3.05) is 5.75 Å². The molecule has 14 heavy (non-hydrogen) atoms. The summed E-state index contributed by atoms with van der Waals surface area (Å²) in [5.74, 6) is 0.786. The fraction of sp³-hybridized carbons (Fsp3) is 0.727. The molecule has 0 unspecified atom stereocenters. The molecule has 0 amide bonds. The van der Waals surface area contributed by atoms with Crippen LogP contribution in [0.15, 0.2) is 12.2 Å². The van der Waals surface area contributed by atoms with Gasteiger partial charge in [0.2, 0.25) is 0 Å². The van der Waals surface area contributed by atoms with Crippen LogP contribution in [0.1, 0.15) is 39.5 Å². The molecule has 0 radical (unpaired) electrons. The van der Waals surface area contributed by atoms with Gasteiger partial charge in [0.25, 0.3) is 0 Å². The lowest BCUT2D eigenvalue weighted by Crippen LogP contribution is -2.10. The van der Waals surface area contributed by atoms with Crippen molar-refractivity contribution in [2.45, 2.75) is 45.6 Å². The van der Waals surface area contributed by atoms with Crippen LogP contribution < -0.4 is 0 Å². The van der Waals surface area contributed by atoms with Crippen molar-refractivity contribution in [3.63, 3.8) is 0 Å². The van der Waals surface area contributed by atoms with Crippen LogP contribution in [0.2, 0.25) is 0 Å². The van der Waals surface area contributed by atoms with E-state index >= 15 is 0 Å². The zero-order valence-corrected chi connectivity index (χ0v) is 9.93. The number of thiol groups is 1. The smallest absolute Gasteiger partial charge is 0.306 e. The average molecular weight is 216 g/mol. The predicted octanol–water partition coefficient (Wildman–Crippen LogP) is 2.98. The number of unbranched alkanes of at least 4 members (excludes halogenated alkanes) is 1. The van der Waals surface area contributed by atoms with Crippen LogP contribution in [0.4, 0.5) is 0 Å². The van der Waals surface area contributed by atoms with Gasteiger partial charge >= 0.3 is 5.97 Å². The van der Waals surface area contributed by atoms with Crippen LogP contribution in [0.25, 0.3) is 0 Å². The molecule has 0 bridgehead atoms. The van der Waals surface area contributed by atoms with Crippen LogP contribution in [0, 0.1) is 0 Å². The summed E-state index contributed by atoms with van der Waals surface area (Å²) in [6, 6.07) is 0. The molecule has 0 fully saturated rings. The normalized spacial score (nSPS) is 11.1. The molecule has 82 valence electrons. The Bertz CT molecular complexity index is 176. The third kappa shape index (κ3) is 9.65. The topological polar surface area (TPSA) is 26.3 Å². The van der Waals surface area contributed by atoms with Gasteiger partial charge in [-0.15, -0.1) is 0 Å². The SMILES string of the molecule is CC(C)OC(=O)CCCC=CCCS. The Kier molecular flexibility index (Phi) is 8.84. The fourth-order valence-corrected chi connectivity index (χ4v) is 1.15. The van der Waals surface area contributed by atoms with Gasteiger partial charge in [-0.3, -0.25) is 4.79 Å². The number of hydrogen-bond acceptors (Lipinski definition) is 3. The van der Waals surface area contributed by atoms with Gasteiger partial charge in [0.1, 0.15) is 0 Å². The van der Waals surface area contributed by atoms with Gasteiger partial charge in [0, 0.05) is 6.42 Å². The Morgan fingerprint density at radius 2 is 2.00 bits per heavy atom. The number of rotatable bonds is 7. The van der Waals surface area contributed by atoms with Gasteiger partial charge < -0.3 is 4.74 Å². The molecule has 3 heteroatoms. The van der Waals surface area contributed by atoms with Crippen LogP contribution in [-0.2, 0) is 9.53 Å². The van der Waals surface area contributed by atoms with Gasteiger partial charge in [0.05, 0.1) is 6.10 Å². The molecule has 0 saturated heterocycles. The van der Waals surface area contributed by atoms with Gasteiger partial charge in [-0.1, -0.05) is 12.2 Å². The van der Waals surface area contributed by atoms with E-state index in [9.17, 15) is 4.79 Å². The third-order valence-corrected chi connectivity index (χ3v) is 1.84. The van der Waals surface area contributed by atoms with E-state index in [1.165, 1.54) is 0 Å². The molecular weight excluding hydrogens is 196 g/mol.